The van der Waals surface area contributed by atoms with Crippen LogP contribution in [-0.2, 0) is 4.74 Å². The molecule has 1 amide bonds. The van der Waals surface area contributed by atoms with Crippen molar-refractivity contribution in [2.24, 2.45) is 5.41 Å². The normalized spacial score (nSPS) is 29.9. The summed E-state index contributed by atoms with van der Waals surface area (Å²) in [7, 11) is 0. The van der Waals surface area contributed by atoms with Gasteiger partial charge in [-0.2, -0.15) is 5.26 Å². The molecule has 1 aliphatic carbocycles. The molecule has 6 heteroatoms. The Morgan fingerprint density at radius 3 is 2.53 bits per heavy atom. The van der Waals surface area contributed by atoms with Crippen LogP contribution in [0.3, 0.4) is 0 Å². The highest BCUT2D eigenvalue weighted by Crippen LogP contribution is 2.53. The molecule has 6 nitrogen and oxygen atoms in total. The number of H-pyrrole nitrogens is 1. The van der Waals surface area contributed by atoms with E-state index in [0.717, 1.165) is 56.2 Å². The van der Waals surface area contributed by atoms with E-state index in [4.69, 9.17) is 10.00 Å². The third-order valence-corrected chi connectivity index (χ3v) is 8.02. The van der Waals surface area contributed by atoms with Gasteiger partial charge in [0.2, 0.25) is 0 Å². The summed E-state index contributed by atoms with van der Waals surface area (Å²) in [4.78, 5) is 19.7. The van der Waals surface area contributed by atoms with Gasteiger partial charge in [-0.15, -0.1) is 0 Å². The summed E-state index contributed by atoms with van der Waals surface area (Å²) in [5.41, 5.74) is 4.99. The molecule has 0 saturated carbocycles. The number of carbonyl (C=O) groups is 1. The molecule has 2 aliphatic heterocycles. The summed E-state index contributed by atoms with van der Waals surface area (Å²) in [5.74, 6) is 0.252. The highest BCUT2D eigenvalue weighted by atomic mass is 16.5. The zero-order valence-corrected chi connectivity index (χ0v) is 20.6. The Morgan fingerprint density at radius 2 is 1.91 bits per heavy atom. The van der Waals surface area contributed by atoms with Gasteiger partial charge < -0.3 is 15.0 Å². The second kappa shape index (κ2) is 8.09. The number of aromatic nitrogens is 2. The van der Waals surface area contributed by atoms with Crippen LogP contribution in [0.1, 0.15) is 106 Å². The first-order valence-corrected chi connectivity index (χ1v) is 12.4. The Bertz CT molecular complexity index is 1190. The smallest absolute Gasteiger partial charge is 0.291 e. The van der Waals surface area contributed by atoms with Gasteiger partial charge in [0.05, 0.1) is 17.4 Å². The number of hydrogen-bond acceptors (Lipinski definition) is 4. The number of aromatic amines is 1. The van der Waals surface area contributed by atoms with Crippen molar-refractivity contribution >= 4 is 17.2 Å². The predicted molar refractivity (Wildman–Crippen MR) is 132 cm³/mol. The first-order valence-electron chi connectivity index (χ1n) is 12.4. The van der Waals surface area contributed by atoms with Gasteiger partial charge in [0.15, 0.2) is 5.82 Å². The molecule has 34 heavy (non-hydrogen) atoms. The Labute approximate surface area is 201 Å². The summed E-state index contributed by atoms with van der Waals surface area (Å²) >= 11 is 0. The van der Waals surface area contributed by atoms with Gasteiger partial charge in [-0.05, 0) is 93.4 Å². The molecular weight excluding hydrogens is 424 g/mol. The average molecular weight is 459 g/mol. The Balaban J connectivity index is 1.48. The molecule has 2 fully saturated rings. The molecular formula is C28H34N4O2. The van der Waals surface area contributed by atoms with Crippen LogP contribution in [0.2, 0.25) is 0 Å². The fourth-order valence-electron chi connectivity index (χ4n) is 6.05. The number of allylic oxidation sites excluding steroid dienone is 2. The maximum atomic E-state index is 12.9. The minimum absolute atomic E-state index is 0.0451. The van der Waals surface area contributed by atoms with Crippen molar-refractivity contribution in [3.8, 4) is 6.07 Å². The number of hydrogen-bond donors (Lipinski definition) is 2. The summed E-state index contributed by atoms with van der Waals surface area (Å²) in [6, 6.07) is 8.48. The van der Waals surface area contributed by atoms with Gasteiger partial charge in [0.25, 0.3) is 5.91 Å². The molecule has 0 radical (unpaired) electrons. The number of amides is 1. The lowest BCUT2D eigenvalue weighted by Crippen LogP contribution is -2.39. The van der Waals surface area contributed by atoms with Gasteiger partial charge in [-0.1, -0.05) is 26.0 Å². The summed E-state index contributed by atoms with van der Waals surface area (Å²) in [6.45, 7) is 9.12. The van der Waals surface area contributed by atoms with Crippen LogP contribution in [0.15, 0.2) is 30.5 Å². The number of benzene rings is 1. The number of imidazole rings is 1. The SMILES string of the molecule is CC1(C)CC=C(c2cc(C3C[C@@]4(C)CC[C@](C)(C3)O4)ccc2NC(=O)c2ncc(C#N)[nH]2)CC1. The molecule has 178 valence electrons. The molecule has 1 aromatic heterocycles. The van der Waals surface area contributed by atoms with Gasteiger partial charge >= 0.3 is 0 Å². The third-order valence-electron chi connectivity index (χ3n) is 8.02. The molecule has 2 N–H and O–H groups in total. The van der Waals surface area contributed by atoms with Crippen LogP contribution in [0.5, 0.6) is 0 Å². The highest BCUT2D eigenvalue weighted by Gasteiger charge is 2.50. The number of ether oxygens (including phenoxy) is 1. The minimum atomic E-state index is -0.337. The standard InChI is InChI=1S/C28H34N4O2/c1-26(2)9-7-18(8-10-26)22-13-19(20-14-27(3)11-12-28(4,15-20)34-27)5-6-23(22)32-25(33)24-30-17-21(16-29)31-24/h5-7,13,17,20H,8-12,14-15H2,1-4H3,(H,30,31)(H,32,33)/t27-,28-/m1/s1. The summed E-state index contributed by atoms with van der Waals surface area (Å²) in [6.07, 6.45) is 11.2. The van der Waals surface area contributed by atoms with E-state index in [1.165, 1.54) is 17.3 Å². The predicted octanol–water partition coefficient (Wildman–Crippen LogP) is 6.33. The number of rotatable bonds is 4. The topological polar surface area (TPSA) is 90.8 Å². The second-order valence-corrected chi connectivity index (χ2v) is 11.7. The lowest BCUT2D eigenvalue weighted by Gasteiger charge is -2.41. The van der Waals surface area contributed by atoms with Crippen molar-refractivity contribution in [3.63, 3.8) is 0 Å². The second-order valence-electron chi connectivity index (χ2n) is 11.7. The molecule has 3 aliphatic rings. The number of nitriles is 1. The fraction of sp³-hybridized carbons (Fsp3) is 0.536. The van der Waals surface area contributed by atoms with E-state index in [2.05, 4.69) is 61.2 Å². The van der Waals surface area contributed by atoms with Crippen LogP contribution in [-0.4, -0.2) is 27.1 Å². The van der Waals surface area contributed by atoms with Crippen molar-refractivity contribution in [2.75, 3.05) is 5.32 Å². The zero-order valence-electron chi connectivity index (χ0n) is 20.6. The zero-order chi connectivity index (χ0) is 24.1. The monoisotopic (exact) mass is 458 g/mol. The molecule has 2 atom stereocenters. The van der Waals surface area contributed by atoms with E-state index in [0.29, 0.717) is 11.3 Å². The van der Waals surface area contributed by atoms with Gasteiger partial charge in [-0.3, -0.25) is 4.79 Å². The van der Waals surface area contributed by atoms with Gasteiger partial charge in [0.1, 0.15) is 11.8 Å². The lowest BCUT2D eigenvalue weighted by molar-refractivity contribution is -0.127. The average Bonchev–Trinajstić information content (AvgIpc) is 3.35. The van der Waals surface area contributed by atoms with Crippen molar-refractivity contribution in [2.45, 2.75) is 89.8 Å². The van der Waals surface area contributed by atoms with Crippen LogP contribution in [0.25, 0.3) is 5.57 Å². The van der Waals surface area contributed by atoms with Crippen molar-refractivity contribution in [3.05, 3.63) is 53.1 Å². The third kappa shape index (κ3) is 4.42. The number of anilines is 1. The van der Waals surface area contributed by atoms with Crippen LogP contribution in [0, 0.1) is 16.7 Å². The number of fused-ring (bicyclic) bond motifs is 2. The van der Waals surface area contributed by atoms with E-state index in [-0.39, 0.29) is 28.6 Å². The van der Waals surface area contributed by atoms with Crippen molar-refractivity contribution in [1.29, 1.82) is 5.26 Å². The van der Waals surface area contributed by atoms with E-state index >= 15 is 0 Å². The van der Waals surface area contributed by atoms with Crippen molar-refractivity contribution in [1.82, 2.24) is 9.97 Å². The van der Waals surface area contributed by atoms with Gasteiger partial charge in [0, 0.05) is 11.3 Å². The maximum absolute atomic E-state index is 12.9. The Hall–Kier alpha value is -2.91. The minimum Gasteiger partial charge on any atom is -0.369 e. The van der Waals surface area contributed by atoms with Crippen molar-refractivity contribution < 1.29 is 9.53 Å². The lowest BCUT2D eigenvalue weighted by atomic mass is 9.75. The van der Waals surface area contributed by atoms with Gasteiger partial charge in [-0.25, -0.2) is 4.98 Å². The number of carbonyl (C=O) groups excluding carboxylic acids is 1. The van der Waals surface area contributed by atoms with E-state index in [9.17, 15) is 4.79 Å². The quantitative estimate of drug-likeness (QED) is 0.560. The Morgan fingerprint density at radius 1 is 1.18 bits per heavy atom. The summed E-state index contributed by atoms with van der Waals surface area (Å²) < 4.78 is 6.43. The molecule has 2 saturated heterocycles. The molecule has 0 spiro atoms. The first kappa shape index (κ1) is 22.9. The van der Waals surface area contributed by atoms with E-state index in [1.807, 2.05) is 12.1 Å². The molecule has 2 aromatic rings. The molecule has 2 bridgehead atoms. The van der Waals surface area contributed by atoms with E-state index in [1.54, 1.807) is 0 Å². The molecule has 1 aromatic carbocycles. The fourth-order valence-corrected chi connectivity index (χ4v) is 6.05. The number of nitrogens with zero attached hydrogens (tertiary/aromatic N) is 2. The van der Waals surface area contributed by atoms with Crippen LogP contribution >= 0.6 is 0 Å². The Kier molecular flexibility index (Phi) is 5.44. The van der Waals surface area contributed by atoms with Crippen LogP contribution in [0.4, 0.5) is 5.69 Å². The largest absolute Gasteiger partial charge is 0.369 e. The summed E-state index contributed by atoms with van der Waals surface area (Å²) in [5, 5.41) is 12.1. The van der Waals surface area contributed by atoms with E-state index < -0.39 is 0 Å². The maximum Gasteiger partial charge on any atom is 0.291 e. The first-order chi connectivity index (χ1) is 16.1. The van der Waals surface area contributed by atoms with Crippen LogP contribution < -0.4 is 5.32 Å². The molecule has 0 unspecified atom stereocenters. The molecule has 3 heterocycles. The number of nitrogens with one attached hydrogen (secondary N) is 2. The highest BCUT2D eigenvalue weighted by molar-refractivity contribution is 6.03. The molecule has 5 rings (SSSR count).